The molecular formula is C23H18ClF4N3OS. The fourth-order valence-electron chi connectivity index (χ4n) is 2.99. The van der Waals surface area contributed by atoms with E-state index >= 15 is 0 Å². The van der Waals surface area contributed by atoms with E-state index in [2.05, 4.69) is 16.0 Å². The molecule has 0 aliphatic carbocycles. The van der Waals surface area contributed by atoms with Gasteiger partial charge in [0.15, 0.2) is 16.7 Å². The molecule has 3 aromatic rings. The molecule has 3 aromatic carbocycles. The zero-order valence-corrected chi connectivity index (χ0v) is 19.0. The van der Waals surface area contributed by atoms with Crippen LogP contribution < -0.4 is 16.0 Å². The number of benzene rings is 3. The Labute approximate surface area is 198 Å². The predicted octanol–water partition coefficient (Wildman–Crippen LogP) is 6.50. The minimum Gasteiger partial charge on any atom is -0.356 e. The fourth-order valence-corrected chi connectivity index (χ4v) is 3.49. The van der Waals surface area contributed by atoms with E-state index in [0.29, 0.717) is 23.4 Å². The van der Waals surface area contributed by atoms with E-state index < -0.39 is 28.9 Å². The number of amides is 1. The van der Waals surface area contributed by atoms with Gasteiger partial charge in [-0.25, -0.2) is 17.6 Å². The van der Waals surface area contributed by atoms with E-state index in [4.69, 9.17) is 23.8 Å². The molecule has 4 nitrogen and oxygen atoms in total. The Bertz CT molecular complexity index is 1220. The second-order valence-electron chi connectivity index (χ2n) is 7.17. The lowest BCUT2D eigenvalue weighted by molar-refractivity contribution is 0.102. The topological polar surface area (TPSA) is 53.2 Å². The number of halogens is 5. The molecular weight excluding hydrogens is 478 g/mol. The summed E-state index contributed by atoms with van der Waals surface area (Å²) in [5.74, 6) is -5.27. The maximum Gasteiger partial charge on any atom is 0.258 e. The van der Waals surface area contributed by atoms with Crippen LogP contribution in [-0.4, -0.2) is 11.0 Å². The van der Waals surface area contributed by atoms with E-state index in [1.807, 2.05) is 6.92 Å². The largest absolute Gasteiger partial charge is 0.356 e. The van der Waals surface area contributed by atoms with Gasteiger partial charge in [-0.05, 0) is 67.5 Å². The molecule has 0 radical (unpaired) electrons. The summed E-state index contributed by atoms with van der Waals surface area (Å²) in [4.78, 5) is 12.3. The number of anilines is 2. The maximum atomic E-state index is 13.9. The minimum absolute atomic E-state index is 0.144. The molecule has 0 spiro atoms. The molecule has 0 saturated carbocycles. The highest BCUT2D eigenvalue weighted by atomic mass is 35.5. The number of rotatable bonds is 5. The van der Waals surface area contributed by atoms with Crippen molar-refractivity contribution in [3.8, 4) is 0 Å². The third-order valence-corrected chi connectivity index (χ3v) is 5.56. The summed E-state index contributed by atoms with van der Waals surface area (Å²) in [6, 6.07) is 9.62. The molecule has 33 heavy (non-hydrogen) atoms. The maximum absolute atomic E-state index is 13.9. The molecule has 1 atom stereocenters. The molecule has 0 saturated heterocycles. The highest BCUT2D eigenvalue weighted by Crippen LogP contribution is 2.32. The van der Waals surface area contributed by atoms with Crippen LogP contribution in [0, 0.1) is 30.2 Å². The Hall–Kier alpha value is -3.17. The van der Waals surface area contributed by atoms with E-state index in [1.54, 1.807) is 25.1 Å². The van der Waals surface area contributed by atoms with Crippen molar-refractivity contribution in [3.63, 3.8) is 0 Å². The first kappa shape index (κ1) is 24.5. The standard InChI is InChI=1S/C23H18ClF4N3OS/c1-11-19(31-23(33)29-12(2)13-3-5-14(25)6-4-13)7-8-20(21(11)24)30-22(32)15-9-17(27)18(28)10-16(15)26/h3-10,12H,1-2H3,(H,30,32)(H2,29,31,33). The van der Waals surface area contributed by atoms with E-state index in [0.717, 1.165) is 5.56 Å². The number of hydrogen-bond acceptors (Lipinski definition) is 2. The molecule has 1 amide bonds. The minimum atomic E-state index is -1.40. The predicted molar refractivity (Wildman–Crippen MR) is 125 cm³/mol. The molecule has 0 heterocycles. The van der Waals surface area contributed by atoms with Crippen molar-refractivity contribution in [1.82, 2.24) is 5.32 Å². The van der Waals surface area contributed by atoms with Gasteiger partial charge in [-0.15, -0.1) is 0 Å². The highest BCUT2D eigenvalue weighted by molar-refractivity contribution is 7.80. The Morgan fingerprint density at radius 2 is 1.52 bits per heavy atom. The summed E-state index contributed by atoms with van der Waals surface area (Å²) >= 11 is 11.7. The van der Waals surface area contributed by atoms with E-state index in [1.165, 1.54) is 18.2 Å². The first-order valence-electron chi connectivity index (χ1n) is 9.64. The number of thiocarbonyl (C=S) groups is 1. The molecule has 0 fully saturated rings. The van der Waals surface area contributed by atoms with E-state index in [9.17, 15) is 22.4 Å². The van der Waals surface area contributed by atoms with Crippen molar-refractivity contribution in [2.45, 2.75) is 19.9 Å². The van der Waals surface area contributed by atoms with E-state index in [-0.39, 0.29) is 27.7 Å². The second-order valence-corrected chi connectivity index (χ2v) is 7.96. The number of carbonyl (C=O) groups excluding carboxylic acids is 1. The van der Waals surface area contributed by atoms with Crippen molar-refractivity contribution in [3.05, 3.63) is 93.5 Å². The van der Waals surface area contributed by atoms with Gasteiger partial charge >= 0.3 is 0 Å². The first-order valence-corrected chi connectivity index (χ1v) is 10.4. The van der Waals surface area contributed by atoms with Crippen LogP contribution in [0.4, 0.5) is 28.9 Å². The van der Waals surface area contributed by atoms with Gasteiger partial charge in [-0.2, -0.15) is 0 Å². The molecule has 172 valence electrons. The van der Waals surface area contributed by atoms with Gasteiger partial charge in [-0.3, -0.25) is 4.79 Å². The monoisotopic (exact) mass is 495 g/mol. The van der Waals surface area contributed by atoms with Gasteiger partial charge in [0, 0.05) is 11.8 Å². The van der Waals surface area contributed by atoms with Crippen molar-refractivity contribution in [2.75, 3.05) is 10.6 Å². The number of carbonyl (C=O) groups is 1. The molecule has 3 rings (SSSR count). The molecule has 0 aliphatic rings. The zero-order valence-electron chi connectivity index (χ0n) is 17.4. The van der Waals surface area contributed by atoms with Crippen LogP contribution in [0.3, 0.4) is 0 Å². The third-order valence-electron chi connectivity index (χ3n) is 4.85. The summed E-state index contributed by atoms with van der Waals surface area (Å²) in [6.07, 6.45) is 0. The number of nitrogens with one attached hydrogen (secondary N) is 3. The summed E-state index contributed by atoms with van der Waals surface area (Å²) < 4.78 is 53.5. The van der Waals surface area contributed by atoms with Gasteiger partial charge in [-0.1, -0.05) is 23.7 Å². The average molecular weight is 496 g/mol. The smallest absolute Gasteiger partial charge is 0.258 e. The Kier molecular flexibility index (Phi) is 7.55. The quantitative estimate of drug-likeness (QED) is 0.215. The summed E-state index contributed by atoms with van der Waals surface area (Å²) in [5, 5.41) is 8.88. The second kappa shape index (κ2) is 10.2. The van der Waals surface area contributed by atoms with Gasteiger partial charge in [0.25, 0.3) is 5.91 Å². The Balaban J connectivity index is 1.71. The first-order chi connectivity index (χ1) is 15.6. The normalized spacial score (nSPS) is 11.6. The summed E-state index contributed by atoms with van der Waals surface area (Å²) in [5.41, 5.74) is 1.38. The molecule has 10 heteroatoms. The molecule has 0 aromatic heterocycles. The van der Waals surface area contributed by atoms with Crippen LogP contribution in [0.2, 0.25) is 5.02 Å². The number of hydrogen-bond donors (Lipinski definition) is 3. The summed E-state index contributed by atoms with van der Waals surface area (Å²) in [6.45, 7) is 3.53. The molecule has 0 aliphatic heterocycles. The van der Waals surface area contributed by atoms with Crippen molar-refractivity contribution < 1.29 is 22.4 Å². The zero-order chi connectivity index (χ0) is 24.3. The van der Waals surface area contributed by atoms with Crippen LogP contribution in [0.25, 0.3) is 0 Å². The third kappa shape index (κ3) is 5.80. The Morgan fingerprint density at radius 1 is 0.909 bits per heavy atom. The van der Waals surface area contributed by atoms with Crippen LogP contribution in [-0.2, 0) is 0 Å². The lowest BCUT2D eigenvalue weighted by Crippen LogP contribution is -2.31. The SMILES string of the molecule is Cc1c(NC(=S)NC(C)c2ccc(F)cc2)ccc(NC(=O)c2cc(F)c(F)cc2F)c1Cl. The van der Waals surface area contributed by atoms with Crippen LogP contribution in [0.15, 0.2) is 48.5 Å². The average Bonchev–Trinajstić information content (AvgIpc) is 2.76. The lowest BCUT2D eigenvalue weighted by Gasteiger charge is -2.19. The highest BCUT2D eigenvalue weighted by Gasteiger charge is 2.19. The summed E-state index contributed by atoms with van der Waals surface area (Å²) in [7, 11) is 0. The van der Waals surface area contributed by atoms with Crippen molar-refractivity contribution >= 4 is 46.2 Å². The van der Waals surface area contributed by atoms with Gasteiger partial charge < -0.3 is 16.0 Å². The van der Waals surface area contributed by atoms with Crippen LogP contribution in [0.5, 0.6) is 0 Å². The van der Waals surface area contributed by atoms with Crippen LogP contribution >= 0.6 is 23.8 Å². The molecule has 3 N–H and O–H groups in total. The lowest BCUT2D eigenvalue weighted by atomic mass is 10.1. The Morgan fingerprint density at radius 3 is 2.18 bits per heavy atom. The van der Waals surface area contributed by atoms with Crippen LogP contribution in [0.1, 0.15) is 34.5 Å². The fraction of sp³-hybridized carbons (Fsp3) is 0.130. The van der Waals surface area contributed by atoms with Gasteiger partial charge in [0.2, 0.25) is 0 Å². The van der Waals surface area contributed by atoms with Crippen molar-refractivity contribution in [2.24, 2.45) is 0 Å². The van der Waals surface area contributed by atoms with Gasteiger partial charge in [0.1, 0.15) is 11.6 Å². The van der Waals surface area contributed by atoms with Crippen molar-refractivity contribution in [1.29, 1.82) is 0 Å². The van der Waals surface area contributed by atoms with Gasteiger partial charge in [0.05, 0.1) is 22.3 Å². The molecule has 1 unspecified atom stereocenters. The molecule has 0 bridgehead atoms.